The number of aliphatic hydroxyl groups is 1. The molecule has 1 unspecified atom stereocenters. The number of rotatable bonds is 7. The van der Waals surface area contributed by atoms with E-state index < -0.39 is 23.7 Å². The zero-order valence-corrected chi connectivity index (χ0v) is 20.3. The lowest BCUT2D eigenvalue weighted by molar-refractivity contribution is -0.139. The largest absolute Gasteiger partial charge is 0.507 e. The lowest BCUT2D eigenvalue weighted by Crippen LogP contribution is -2.31. The Kier molecular flexibility index (Phi) is 6.79. The van der Waals surface area contributed by atoms with Crippen molar-refractivity contribution in [2.24, 2.45) is 0 Å². The Morgan fingerprint density at radius 3 is 2.54 bits per heavy atom. The van der Waals surface area contributed by atoms with Gasteiger partial charge in [0.2, 0.25) is 0 Å². The first-order chi connectivity index (χ1) is 16.7. The monoisotopic (exact) mass is 496 g/mol. The molecule has 1 aliphatic rings. The summed E-state index contributed by atoms with van der Waals surface area (Å²) in [6.45, 7) is 4.20. The Labute approximate surface area is 207 Å². The molecule has 3 heterocycles. The summed E-state index contributed by atoms with van der Waals surface area (Å²) in [5, 5.41) is 11.9. The van der Waals surface area contributed by atoms with Gasteiger partial charge in [0.15, 0.2) is 0 Å². The number of likely N-dealkylation sites (tertiary alicyclic amines) is 1. The molecule has 2 aromatic heterocycles. The summed E-state index contributed by atoms with van der Waals surface area (Å²) < 4.78 is 6.69. The van der Waals surface area contributed by atoms with Gasteiger partial charge in [0.05, 0.1) is 25.1 Å². The molecule has 1 saturated heterocycles. The highest BCUT2D eigenvalue weighted by atomic mass is 35.5. The van der Waals surface area contributed by atoms with Crippen molar-refractivity contribution >= 4 is 35.0 Å². The van der Waals surface area contributed by atoms with Gasteiger partial charge in [-0.3, -0.25) is 9.59 Å². The number of halogens is 1. The number of ketones is 1. The van der Waals surface area contributed by atoms with Crippen molar-refractivity contribution in [3.8, 4) is 0 Å². The van der Waals surface area contributed by atoms with Gasteiger partial charge in [0.25, 0.3) is 11.7 Å². The smallest absolute Gasteiger partial charge is 0.354 e. The first kappa shape index (κ1) is 24.3. The second-order valence-electron chi connectivity index (χ2n) is 8.31. The number of ether oxygens (including phenoxy) is 1. The number of hydrogen-bond acceptors (Lipinski definition) is 6. The molecule has 1 amide bonds. The first-order valence-corrected chi connectivity index (χ1v) is 11.4. The number of Topliss-reactive ketones (excluding diaryl/α,β-unsaturated/α-hetero) is 1. The minimum Gasteiger partial charge on any atom is -0.507 e. The van der Waals surface area contributed by atoms with Crippen molar-refractivity contribution in [2.75, 3.05) is 13.7 Å². The van der Waals surface area contributed by atoms with Gasteiger partial charge in [-0.2, -0.15) is 0 Å². The Morgan fingerprint density at radius 2 is 1.91 bits per heavy atom. The molecule has 3 aromatic rings. The summed E-state index contributed by atoms with van der Waals surface area (Å²) in [6, 6.07) is 5.98. The number of aliphatic hydroxyl groups excluding tert-OH is 1. The molecule has 10 heteroatoms. The Bertz CT molecular complexity index is 1310. The first-order valence-electron chi connectivity index (χ1n) is 11.0. The zero-order valence-electron chi connectivity index (χ0n) is 19.5. The lowest BCUT2D eigenvalue weighted by Gasteiger charge is -2.25. The average molecular weight is 497 g/mol. The molecular weight excluding hydrogens is 472 g/mol. The van der Waals surface area contributed by atoms with Crippen LogP contribution in [0.25, 0.3) is 5.76 Å². The van der Waals surface area contributed by atoms with Crippen LogP contribution in [0.2, 0.25) is 5.02 Å². The maximum Gasteiger partial charge on any atom is 0.354 e. The van der Waals surface area contributed by atoms with Crippen LogP contribution in [0.4, 0.5) is 0 Å². The molecule has 35 heavy (non-hydrogen) atoms. The van der Waals surface area contributed by atoms with E-state index in [4.69, 9.17) is 16.3 Å². The molecule has 4 rings (SSSR count). The molecule has 0 aliphatic carbocycles. The summed E-state index contributed by atoms with van der Waals surface area (Å²) in [5.74, 6) is -2.43. The van der Waals surface area contributed by atoms with Crippen molar-refractivity contribution in [1.29, 1.82) is 0 Å². The van der Waals surface area contributed by atoms with Crippen LogP contribution < -0.4 is 0 Å². The van der Waals surface area contributed by atoms with E-state index in [9.17, 15) is 19.5 Å². The number of esters is 1. The molecule has 2 N–H and O–H groups in total. The highest BCUT2D eigenvalue weighted by Gasteiger charge is 2.46. The minimum absolute atomic E-state index is 0.0402. The van der Waals surface area contributed by atoms with E-state index in [-0.39, 0.29) is 23.6 Å². The predicted molar refractivity (Wildman–Crippen MR) is 129 cm³/mol. The summed E-state index contributed by atoms with van der Waals surface area (Å²) in [4.78, 5) is 46.9. The van der Waals surface area contributed by atoms with E-state index in [1.165, 1.54) is 12.0 Å². The number of aryl methyl sites for hydroxylation is 2. The van der Waals surface area contributed by atoms with Gasteiger partial charge in [-0.25, -0.2) is 9.78 Å². The number of carbonyl (C=O) groups excluding carboxylic acids is 3. The predicted octanol–water partition coefficient (Wildman–Crippen LogP) is 3.78. The van der Waals surface area contributed by atoms with Gasteiger partial charge >= 0.3 is 5.97 Å². The third-order valence-corrected chi connectivity index (χ3v) is 6.42. The molecule has 1 fully saturated rings. The Hall–Kier alpha value is -3.85. The van der Waals surface area contributed by atoms with Crippen LogP contribution >= 0.6 is 11.6 Å². The summed E-state index contributed by atoms with van der Waals surface area (Å²) >= 11 is 6.07. The molecule has 1 aromatic carbocycles. The molecule has 0 saturated carbocycles. The molecular formula is C25H25ClN4O5. The molecule has 9 nitrogen and oxygen atoms in total. The summed E-state index contributed by atoms with van der Waals surface area (Å²) in [6.07, 6.45) is 5.74. The molecule has 0 radical (unpaired) electrons. The van der Waals surface area contributed by atoms with E-state index >= 15 is 0 Å². The number of nitrogens with zero attached hydrogens (tertiary/aromatic N) is 3. The average Bonchev–Trinajstić information content (AvgIpc) is 3.52. The third kappa shape index (κ3) is 4.46. The fourth-order valence-electron chi connectivity index (χ4n) is 4.49. The number of benzene rings is 1. The molecule has 1 aliphatic heterocycles. The van der Waals surface area contributed by atoms with Gasteiger partial charge in [-0.1, -0.05) is 23.7 Å². The van der Waals surface area contributed by atoms with E-state index in [0.29, 0.717) is 40.4 Å². The van der Waals surface area contributed by atoms with Gasteiger partial charge in [-0.15, -0.1) is 0 Å². The SMILES string of the molecule is COC(=O)c1[nH]c(C)c(/C(O)=C2\C(=O)C(=O)N(CCCn3ccnc3)C2c2ccc(Cl)cc2)c1C. The van der Waals surface area contributed by atoms with Crippen LogP contribution in [0.15, 0.2) is 48.6 Å². The highest BCUT2D eigenvalue weighted by Crippen LogP contribution is 2.41. The van der Waals surface area contributed by atoms with Gasteiger partial charge < -0.3 is 24.3 Å². The van der Waals surface area contributed by atoms with Crippen LogP contribution in [0, 0.1) is 13.8 Å². The minimum atomic E-state index is -0.815. The van der Waals surface area contributed by atoms with Crippen molar-refractivity contribution < 1.29 is 24.2 Å². The maximum atomic E-state index is 13.2. The topological polar surface area (TPSA) is 118 Å². The van der Waals surface area contributed by atoms with Crippen LogP contribution in [-0.2, 0) is 20.9 Å². The third-order valence-electron chi connectivity index (χ3n) is 6.16. The van der Waals surface area contributed by atoms with Crippen LogP contribution in [-0.4, -0.2) is 55.9 Å². The molecule has 0 spiro atoms. The summed E-state index contributed by atoms with van der Waals surface area (Å²) in [7, 11) is 1.26. The standard InChI is InChI=1S/C25H25ClN4O5/c1-14-18(15(2)28-20(14)25(34)35-3)22(31)19-21(16-5-7-17(26)8-6-16)30(24(33)23(19)32)11-4-10-29-12-9-27-13-29/h5-9,12-13,21,28,31H,4,10-11H2,1-3H3/b22-19+. The van der Waals surface area contributed by atoms with Crippen LogP contribution in [0.1, 0.15) is 45.3 Å². The molecule has 1 atom stereocenters. The quantitative estimate of drug-likeness (QED) is 0.222. The van der Waals surface area contributed by atoms with E-state index in [1.807, 2.05) is 10.8 Å². The fourth-order valence-corrected chi connectivity index (χ4v) is 4.62. The second kappa shape index (κ2) is 9.79. The van der Waals surface area contributed by atoms with E-state index in [0.717, 1.165) is 0 Å². The van der Waals surface area contributed by atoms with E-state index in [1.54, 1.807) is 50.6 Å². The Balaban J connectivity index is 1.79. The van der Waals surface area contributed by atoms with Gasteiger partial charge in [-0.05, 0) is 43.5 Å². The van der Waals surface area contributed by atoms with Gasteiger partial charge in [0, 0.05) is 41.8 Å². The van der Waals surface area contributed by atoms with Crippen molar-refractivity contribution in [2.45, 2.75) is 32.9 Å². The Morgan fingerprint density at radius 1 is 1.20 bits per heavy atom. The van der Waals surface area contributed by atoms with Crippen molar-refractivity contribution in [3.63, 3.8) is 0 Å². The zero-order chi connectivity index (χ0) is 25.3. The summed E-state index contributed by atoms with van der Waals surface area (Å²) in [5.41, 5.74) is 1.96. The number of amides is 1. The highest BCUT2D eigenvalue weighted by molar-refractivity contribution is 6.46. The number of imidazole rings is 1. The molecule has 182 valence electrons. The lowest BCUT2D eigenvalue weighted by atomic mass is 9.94. The number of aromatic amines is 1. The second-order valence-corrected chi connectivity index (χ2v) is 8.75. The normalized spacial score (nSPS) is 17.3. The van der Waals surface area contributed by atoms with Crippen molar-refractivity contribution in [1.82, 2.24) is 19.4 Å². The number of carbonyl (C=O) groups is 3. The number of H-pyrrole nitrogens is 1. The number of aromatic nitrogens is 3. The number of nitrogens with one attached hydrogen (secondary N) is 1. The van der Waals surface area contributed by atoms with E-state index in [2.05, 4.69) is 9.97 Å². The maximum absolute atomic E-state index is 13.2. The van der Waals surface area contributed by atoms with Crippen molar-refractivity contribution in [3.05, 3.63) is 81.7 Å². The van der Waals surface area contributed by atoms with Crippen LogP contribution in [0.5, 0.6) is 0 Å². The fraction of sp³-hybridized carbons (Fsp3) is 0.280. The number of methoxy groups -OCH3 is 1. The number of hydrogen-bond donors (Lipinski definition) is 2. The van der Waals surface area contributed by atoms with Gasteiger partial charge in [0.1, 0.15) is 11.5 Å². The molecule has 0 bridgehead atoms. The van der Waals surface area contributed by atoms with Crippen LogP contribution in [0.3, 0.4) is 0 Å².